The predicted molar refractivity (Wildman–Crippen MR) is 83.6 cm³/mol. The summed E-state index contributed by atoms with van der Waals surface area (Å²) in [7, 11) is 1.65. The smallest absolute Gasteiger partial charge is 0.118 e. The summed E-state index contributed by atoms with van der Waals surface area (Å²) in [5.41, 5.74) is 3.04. The summed E-state index contributed by atoms with van der Waals surface area (Å²) in [6.45, 7) is 1.98. The molecule has 0 fully saturated rings. The molecule has 0 saturated heterocycles. The van der Waals surface area contributed by atoms with Crippen molar-refractivity contribution in [3.8, 4) is 5.75 Å². The summed E-state index contributed by atoms with van der Waals surface area (Å²) in [5, 5.41) is 10.3. The Labute approximate surface area is 120 Å². The molecule has 2 heteroatoms. The van der Waals surface area contributed by atoms with E-state index in [1.807, 2.05) is 67.6 Å². The fourth-order valence-corrected chi connectivity index (χ4v) is 2.10. The Morgan fingerprint density at radius 2 is 1.75 bits per heavy atom. The van der Waals surface area contributed by atoms with Crippen molar-refractivity contribution < 1.29 is 9.84 Å². The quantitative estimate of drug-likeness (QED) is 0.830. The highest BCUT2D eigenvalue weighted by molar-refractivity contribution is 5.83. The Morgan fingerprint density at radius 3 is 2.30 bits per heavy atom. The van der Waals surface area contributed by atoms with Crippen LogP contribution in [0.5, 0.6) is 5.75 Å². The second-order valence-corrected chi connectivity index (χ2v) is 4.66. The number of benzene rings is 2. The SMILES string of the molecule is CCC(O)/C(=C\c1ccccc1)c1ccc(OC)cc1. The third-order valence-electron chi connectivity index (χ3n) is 3.29. The lowest BCUT2D eigenvalue weighted by molar-refractivity contribution is 0.229. The summed E-state index contributed by atoms with van der Waals surface area (Å²) >= 11 is 0. The minimum Gasteiger partial charge on any atom is -0.497 e. The maximum Gasteiger partial charge on any atom is 0.118 e. The summed E-state index contributed by atoms with van der Waals surface area (Å²) in [6.07, 6.45) is 2.25. The van der Waals surface area contributed by atoms with Gasteiger partial charge >= 0.3 is 0 Å². The number of ether oxygens (including phenoxy) is 1. The largest absolute Gasteiger partial charge is 0.497 e. The van der Waals surface area contributed by atoms with E-state index in [9.17, 15) is 5.11 Å². The maximum absolute atomic E-state index is 10.3. The van der Waals surface area contributed by atoms with Gasteiger partial charge in [0, 0.05) is 0 Å². The van der Waals surface area contributed by atoms with Crippen molar-refractivity contribution >= 4 is 11.6 Å². The monoisotopic (exact) mass is 268 g/mol. The van der Waals surface area contributed by atoms with Crippen LogP contribution in [0, 0.1) is 0 Å². The molecule has 0 aliphatic carbocycles. The molecule has 0 spiro atoms. The Kier molecular flexibility index (Phi) is 4.97. The average molecular weight is 268 g/mol. The van der Waals surface area contributed by atoms with Gasteiger partial charge in [0.05, 0.1) is 13.2 Å². The van der Waals surface area contributed by atoms with Gasteiger partial charge in [0.2, 0.25) is 0 Å². The van der Waals surface area contributed by atoms with Crippen molar-refractivity contribution in [1.82, 2.24) is 0 Å². The van der Waals surface area contributed by atoms with Crippen LogP contribution in [0.3, 0.4) is 0 Å². The molecule has 0 heterocycles. The van der Waals surface area contributed by atoms with E-state index in [4.69, 9.17) is 4.74 Å². The van der Waals surface area contributed by atoms with E-state index < -0.39 is 6.10 Å². The average Bonchev–Trinajstić information content (AvgIpc) is 2.53. The number of aliphatic hydroxyl groups excluding tert-OH is 1. The first-order chi connectivity index (χ1) is 9.74. The number of rotatable bonds is 5. The lowest BCUT2D eigenvalue weighted by Gasteiger charge is -2.14. The highest BCUT2D eigenvalue weighted by Gasteiger charge is 2.11. The van der Waals surface area contributed by atoms with Gasteiger partial charge in [-0.2, -0.15) is 0 Å². The van der Waals surface area contributed by atoms with Crippen molar-refractivity contribution in [2.45, 2.75) is 19.4 Å². The second kappa shape index (κ2) is 6.92. The molecule has 104 valence electrons. The summed E-state index contributed by atoms with van der Waals surface area (Å²) in [6, 6.07) is 17.8. The Bertz CT molecular complexity index is 556. The molecule has 0 aliphatic heterocycles. The molecule has 0 saturated carbocycles. The molecule has 0 radical (unpaired) electrons. The van der Waals surface area contributed by atoms with Crippen molar-refractivity contribution in [2.75, 3.05) is 7.11 Å². The van der Waals surface area contributed by atoms with Crippen molar-refractivity contribution in [2.24, 2.45) is 0 Å². The first-order valence-electron chi connectivity index (χ1n) is 6.83. The van der Waals surface area contributed by atoms with Gasteiger partial charge in [0.15, 0.2) is 0 Å². The molecule has 1 unspecified atom stereocenters. The predicted octanol–water partition coefficient (Wildman–Crippen LogP) is 4.01. The topological polar surface area (TPSA) is 29.5 Å². The molecule has 0 bridgehead atoms. The summed E-state index contributed by atoms with van der Waals surface area (Å²) in [5.74, 6) is 0.818. The molecule has 2 aromatic carbocycles. The molecule has 2 rings (SSSR count). The van der Waals surface area contributed by atoms with Crippen molar-refractivity contribution in [3.05, 3.63) is 65.7 Å². The van der Waals surface area contributed by atoms with Gasteiger partial charge in [-0.15, -0.1) is 0 Å². The first kappa shape index (κ1) is 14.4. The van der Waals surface area contributed by atoms with E-state index in [1.54, 1.807) is 7.11 Å². The normalized spacial score (nSPS) is 13.1. The lowest BCUT2D eigenvalue weighted by atomic mass is 9.96. The van der Waals surface area contributed by atoms with Crippen LogP contribution in [0.25, 0.3) is 11.6 Å². The maximum atomic E-state index is 10.3. The van der Waals surface area contributed by atoms with Gasteiger partial charge in [-0.05, 0) is 41.3 Å². The number of aliphatic hydroxyl groups is 1. The number of methoxy groups -OCH3 is 1. The molecule has 0 aliphatic rings. The Balaban J connectivity index is 2.39. The van der Waals surface area contributed by atoms with Gasteiger partial charge < -0.3 is 9.84 Å². The van der Waals surface area contributed by atoms with Crippen LogP contribution in [0.4, 0.5) is 0 Å². The van der Waals surface area contributed by atoms with Crippen LogP contribution in [0.1, 0.15) is 24.5 Å². The third-order valence-corrected chi connectivity index (χ3v) is 3.29. The Hall–Kier alpha value is -2.06. The highest BCUT2D eigenvalue weighted by atomic mass is 16.5. The van der Waals surface area contributed by atoms with Crippen LogP contribution in [-0.2, 0) is 0 Å². The summed E-state index contributed by atoms with van der Waals surface area (Å²) in [4.78, 5) is 0. The van der Waals surface area contributed by atoms with E-state index in [-0.39, 0.29) is 0 Å². The molecule has 0 aromatic heterocycles. The minimum absolute atomic E-state index is 0.469. The summed E-state index contributed by atoms with van der Waals surface area (Å²) < 4.78 is 5.17. The van der Waals surface area contributed by atoms with Crippen LogP contribution in [0.2, 0.25) is 0 Å². The fraction of sp³-hybridized carbons (Fsp3) is 0.222. The minimum atomic E-state index is -0.469. The zero-order valence-electron chi connectivity index (χ0n) is 11.9. The zero-order valence-corrected chi connectivity index (χ0v) is 11.9. The molecular weight excluding hydrogens is 248 g/mol. The van der Waals surface area contributed by atoms with E-state index >= 15 is 0 Å². The molecule has 1 atom stereocenters. The molecule has 2 aromatic rings. The van der Waals surface area contributed by atoms with Gasteiger partial charge in [0.25, 0.3) is 0 Å². The van der Waals surface area contributed by atoms with Crippen molar-refractivity contribution in [1.29, 1.82) is 0 Å². The lowest BCUT2D eigenvalue weighted by Crippen LogP contribution is -2.07. The molecule has 20 heavy (non-hydrogen) atoms. The van der Waals surface area contributed by atoms with Crippen LogP contribution >= 0.6 is 0 Å². The van der Waals surface area contributed by atoms with Crippen molar-refractivity contribution in [3.63, 3.8) is 0 Å². The van der Waals surface area contributed by atoms with E-state index in [0.29, 0.717) is 6.42 Å². The molecule has 2 nitrogen and oxygen atoms in total. The fourth-order valence-electron chi connectivity index (χ4n) is 2.10. The Morgan fingerprint density at radius 1 is 1.10 bits per heavy atom. The second-order valence-electron chi connectivity index (χ2n) is 4.66. The van der Waals surface area contributed by atoms with E-state index in [2.05, 4.69) is 0 Å². The van der Waals surface area contributed by atoms with Gasteiger partial charge in [-0.3, -0.25) is 0 Å². The van der Waals surface area contributed by atoms with Gasteiger partial charge in [0.1, 0.15) is 5.75 Å². The number of hydrogen-bond acceptors (Lipinski definition) is 2. The van der Waals surface area contributed by atoms with E-state index in [0.717, 1.165) is 22.4 Å². The molecule has 1 N–H and O–H groups in total. The number of hydrogen-bond donors (Lipinski definition) is 1. The highest BCUT2D eigenvalue weighted by Crippen LogP contribution is 2.25. The molecular formula is C18H20O2. The molecule has 0 amide bonds. The van der Waals surface area contributed by atoms with Gasteiger partial charge in [-0.1, -0.05) is 49.4 Å². The zero-order chi connectivity index (χ0) is 14.4. The first-order valence-corrected chi connectivity index (χ1v) is 6.83. The van der Waals surface area contributed by atoms with Crippen LogP contribution in [-0.4, -0.2) is 18.3 Å². The van der Waals surface area contributed by atoms with Crippen LogP contribution in [0.15, 0.2) is 54.6 Å². The van der Waals surface area contributed by atoms with E-state index in [1.165, 1.54) is 0 Å². The van der Waals surface area contributed by atoms with Crippen LogP contribution < -0.4 is 4.74 Å². The standard InChI is InChI=1S/C18H20O2/c1-3-18(19)17(13-14-7-5-4-6-8-14)15-9-11-16(20-2)12-10-15/h4-13,18-19H,3H2,1-2H3/b17-13-. The van der Waals surface area contributed by atoms with Gasteiger partial charge in [-0.25, -0.2) is 0 Å². The third kappa shape index (κ3) is 3.49.